The molecule has 4 nitrogen and oxygen atoms in total. The Labute approximate surface area is 149 Å². The van der Waals surface area contributed by atoms with E-state index in [1.165, 1.54) is 19.3 Å². The Morgan fingerprint density at radius 3 is 1.92 bits per heavy atom. The third-order valence-corrected chi connectivity index (χ3v) is 8.77. The van der Waals surface area contributed by atoms with E-state index in [-0.39, 0.29) is 29.6 Å². The Hall–Kier alpha value is -1.19. The number of rotatable bonds is 1. The zero-order chi connectivity index (χ0) is 17.3. The van der Waals surface area contributed by atoms with Gasteiger partial charge in [-0.3, -0.25) is 14.4 Å². The molecule has 0 bridgehead atoms. The molecule has 0 heterocycles. The van der Waals surface area contributed by atoms with Gasteiger partial charge in [0.15, 0.2) is 0 Å². The smallest absolute Gasteiger partial charge is 0.220 e. The van der Waals surface area contributed by atoms with E-state index in [9.17, 15) is 14.4 Å². The number of Topliss-reactive ketones (excluding diaryl/α,β-unsaturated/α-hetero) is 2. The number of primary amides is 1. The van der Waals surface area contributed by atoms with Crippen molar-refractivity contribution in [2.75, 3.05) is 0 Å². The number of fused-ring (bicyclic) bond motifs is 6. The van der Waals surface area contributed by atoms with Crippen molar-refractivity contribution in [3.8, 4) is 0 Å². The fourth-order valence-corrected chi connectivity index (χ4v) is 7.73. The van der Waals surface area contributed by atoms with Crippen LogP contribution in [0.3, 0.4) is 0 Å². The summed E-state index contributed by atoms with van der Waals surface area (Å²) in [7, 11) is 0. The van der Waals surface area contributed by atoms with Gasteiger partial charge < -0.3 is 5.73 Å². The first-order chi connectivity index (χ1) is 12.1. The quantitative estimate of drug-likeness (QED) is 0.795. The molecular formula is C21H29NO3. The molecule has 5 aliphatic rings. The lowest BCUT2D eigenvalue weighted by Gasteiger charge is -2.39. The Morgan fingerprint density at radius 1 is 0.680 bits per heavy atom. The standard InChI is InChI=1S/C21H29NO3/c22-21(25)10-5-6-12-15-9-17-14(8-18(15)20(24)16(12)7-10)11-3-1-2-4-13(11)19(17)23/h10-18H,1-9H2,(H2,22,25). The molecule has 0 aliphatic heterocycles. The van der Waals surface area contributed by atoms with Gasteiger partial charge in [0.05, 0.1) is 0 Å². The molecular weight excluding hydrogens is 314 g/mol. The van der Waals surface area contributed by atoms with E-state index in [1.807, 2.05) is 0 Å². The lowest BCUT2D eigenvalue weighted by molar-refractivity contribution is -0.130. The minimum atomic E-state index is -0.238. The number of carbonyl (C=O) groups is 3. The molecule has 5 aliphatic carbocycles. The molecule has 0 aromatic heterocycles. The molecule has 0 saturated heterocycles. The summed E-state index contributed by atoms with van der Waals surface area (Å²) in [5, 5.41) is 0. The zero-order valence-electron chi connectivity index (χ0n) is 14.9. The van der Waals surface area contributed by atoms with Gasteiger partial charge in [0, 0.05) is 29.6 Å². The second-order valence-electron chi connectivity index (χ2n) is 9.55. The fourth-order valence-electron chi connectivity index (χ4n) is 7.73. The number of ketones is 2. The SMILES string of the molecule is NC(=O)C1CCC2C(C1)C(=O)C1CC3C(CC12)C(=O)C1CCCCC13. The number of carbonyl (C=O) groups excluding carboxylic acids is 3. The van der Waals surface area contributed by atoms with E-state index in [2.05, 4.69) is 0 Å². The van der Waals surface area contributed by atoms with Gasteiger partial charge in [0.25, 0.3) is 0 Å². The molecule has 5 fully saturated rings. The molecule has 0 spiro atoms. The Morgan fingerprint density at radius 2 is 1.24 bits per heavy atom. The van der Waals surface area contributed by atoms with E-state index in [1.54, 1.807) is 0 Å². The minimum absolute atomic E-state index is 0.0392. The predicted molar refractivity (Wildman–Crippen MR) is 92.2 cm³/mol. The van der Waals surface area contributed by atoms with E-state index in [0.29, 0.717) is 47.6 Å². The van der Waals surface area contributed by atoms with Crippen molar-refractivity contribution in [2.24, 2.45) is 59.0 Å². The molecule has 0 aromatic rings. The number of hydrogen-bond acceptors (Lipinski definition) is 3. The molecule has 0 radical (unpaired) electrons. The minimum Gasteiger partial charge on any atom is -0.369 e. The van der Waals surface area contributed by atoms with Crippen molar-refractivity contribution in [2.45, 2.75) is 57.8 Å². The highest BCUT2D eigenvalue weighted by molar-refractivity contribution is 5.90. The second kappa shape index (κ2) is 5.65. The van der Waals surface area contributed by atoms with Gasteiger partial charge in [-0.2, -0.15) is 0 Å². The van der Waals surface area contributed by atoms with Gasteiger partial charge in [-0.05, 0) is 68.6 Å². The lowest BCUT2D eigenvalue weighted by Crippen LogP contribution is -2.35. The number of nitrogens with two attached hydrogens (primary N) is 1. The summed E-state index contributed by atoms with van der Waals surface area (Å²) in [6.07, 6.45) is 9.10. The Kier molecular flexibility index (Phi) is 3.62. The van der Waals surface area contributed by atoms with Crippen LogP contribution in [0, 0.1) is 53.3 Å². The molecule has 4 heteroatoms. The summed E-state index contributed by atoms with van der Waals surface area (Å²) < 4.78 is 0. The molecule has 5 saturated carbocycles. The zero-order valence-corrected chi connectivity index (χ0v) is 14.9. The summed E-state index contributed by atoms with van der Waals surface area (Å²) in [6, 6.07) is 0. The van der Waals surface area contributed by atoms with Crippen molar-refractivity contribution < 1.29 is 14.4 Å². The highest BCUT2D eigenvalue weighted by Gasteiger charge is 2.60. The van der Waals surface area contributed by atoms with Gasteiger partial charge in [-0.1, -0.05) is 12.8 Å². The molecule has 1 amide bonds. The van der Waals surface area contributed by atoms with Crippen LogP contribution < -0.4 is 5.73 Å². The lowest BCUT2D eigenvalue weighted by atomic mass is 9.64. The maximum absolute atomic E-state index is 13.1. The normalized spacial score (nSPS) is 51.4. The molecule has 25 heavy (non-hydrogen) atoms. The van der Waals surface area contributed by atoms with Crippen LogP contribution in [0.1, 0.15) is 57.8 Å². The summed E-state index contributed by atoms with van der Waals surface area (Å²) in [6.45, 7) is 0. The van der Waals surface area contributed by atoms with Crippen molar-refractivity contribution in [3.05, 3.63) is 0 Å². The molecule has 0 aromatic carbocycles. The van der Waals surface area contributed by atoms with Gasteiger partial charge in [0.1, 0.15) is 11.6 Å². The first kappa shape index (κ1) is 16.0. The van der Waals surface area contributed by atoms with Crippen LogP contribution in [0.4, 0.5) is 0 Å². The molecule has 136 valence electrons. The van der Waals surface area contributed by atoms with Crippen LogP contribution in [0.25, 0.3) is 0 Å². The maximum Gasteiger partial charge on any atom is 0.220 e. The van der Waals surface area contributed by atoms with Crippen molar-refractivity contribution in [3.63, 3.8) is 0 Å². The average molecular weight is 343 g/mol. The van der Waals surface area contributed by atoms with Crippen molar-refractivity contribution in [1.82, 2.24) is 0 Å². The maximum atomic E-state index is 13.1. The van der Waals surface area contributed by atoms with Gasteiger partial charge >= 0.3 is 0 Å². The third-order valence-electron chi connectivity index (χ3n) is 8.77. The number of hydrogen-bond donors (Lipinski definition) is 1. The van der Waals surface area contributed by atoms with Crippen LogP contribution in [0.2, 0.25) is 0 Å². The van der Waals surface area contributed by atoms with E-state index in [0.717, 1.165) is 32.1 Å². The van der Waals surface area contributed by atoms with Crippen LogP contribution in [0.5, 0.6) is 0 Å². The van der Waals surface area contributed by atoms with E-state index in [4.69, 9.17) is 5.73 Å². The average Bonchev–Trinajstić information content (AvgIpc) is 3.07. The first-order valence-corrected chi connectivity index (χ1v) is 10.4. The summed E-state index contributed by atoms with van der Waals surface area (Å²) in [4.78, 5) is 37.7. The molecule has 9 atom stereocenters. The van der Waals surface area contributed by atoms with Crippen molar-refractivity contribution >= 4 is 17.5 Å². The van der Waals surface area contributed by atoms with Crippen LogP contribution in [0.15, 0.2) is 0 Å². The van der Waals surface area contributed by atoms with Crippen molar-refractivity contribution in [1.29, 1.82) is 0 Å². The molecule has 2 N–H and O–H groups in total. The third kappa shape index (κ3) is 2.21. The summed E-state index contributed by atoms with van der Waals surface area (Å²) >= 11 is 0. The van der Waals surface area contributed by atoms with Crippen LogP contribution >= 0.6 is 0 Å². The summed E-state index contributed by atoms with van der Waals surface area (Å²) in [5.74, 6) is 3.16. The predicted octanol–water partition coefficient (Wildman–Crippen LogP) is 2.73. The van der Waals surface area contributed by atoms with E-state index >= 15 is 0 Å². The molecule has 9 unspecified atom stereocenters. The first-order valence-electron chi connectivity index (χ1n) is 10.4. The highest BCUT2D eigenvalue weighted by atomic mass is 16.1. The monoisotopic (exact) mass is 343 g/mol. The van der Waals surface area contributed by atoms with Gasteiger partial charge in [-0.15, -0.1) is 0 Å². The van der Waals surface area contributed by atoms with Gasteiger partial charge in [0.2, 0.25) is 5.91 Å². The fraction of sp³-hybridized carbons (Fsp3) is 0.857. The Bertz CT molecular complexity index is 629. The Balaban J connectivity index is 1.40. The molecule has 5 rings (SSSR count). The highest BCUT2D eigenvalue weighted by Crippen LogP contribution is 2.61. The largest absolute Gasteiger partial charge is 0.369 e. The second-order valence-corrected chi connectivity index (χ2v) is 9.55. The topological polar surface area (TPSA) is 77.2 Å². The summed E-state index contributed by atoms with van der Waals surface area (Å²) in [5.41, 5.74) is 5.51. The van der Waals surface area contributed by atoms with Gasteiger partial charge in [-0.25, -0.2) is 0 Å². The van der Waals surface area contributed by atoms with Crippen LogP contribution in [-0.4, -0.2) is 17.5 Å². The van der Waals surface area contributed by atoms with Crippen LogP contribution in [-0.2, 0) is 14.4 Å². The van der Waals surface area contributed by atoms with E-state index < -0.39 is 0 Å². The number of amides is 1.